The van der Waals surface area contributed by atoms with Crippen molar-refractivity contribution >= 4 is 11.7 Å². The second-order valence-electron chi connectivity index (χ2n) is 4.84. The monoisotopic (exact) mass is 312 g/mol. The number of anilines is 1. The Hall–Kier alpha value is -3.22. The van der Waals surface area contributed by atoms with Gasteiger partial charge in [-0.15, -0.1) is 5.10 Å². The molecule has 23 heavy (non-hydrogen) atoms. The summed E-state index contributed by atoms with van der Waals surface area (Å²) in [5, 5.41) is 20.0. The minimum atomic E-state index is -1.30. The topological polar surface area (TPSA) is 80.0 Å². The van der Waals surface area contributed by atoms with Crippen molar-refractivity contribution in [2.75, 3.05) is 5.32 Å². The first-order valence-corrected chi connectivity index (χ1v) is 6.87. The van der Waals surface area contributed by atoms with Crippen LogP contribution < -0.4 is 5.32 Å². The highest BCUT2D eigenvalue weighted by molar-refractivity contribution is 5.89. The number of hydrogen-bond donors (Lipinski definition) is 2. The van der Waals surface area contributed by atoms with Gasteiger partial charge < -0.3 is 10.4 Å². The fraction of sp³-hybridized carbons (Fsp3) is 0.0625. The first-order valence-electron chi connectivity index (χ1n) is 6.87. The van der Waals surface area contributed by atoms with Crippen molar-refractivity contribution in [1.82, 2.24) is 15.0 Å². The van der Waals surface area contributed by atoms with E-state index in [1.165, 1.54) is 12.1 Å². The second kappa shape index (κ2) is 6.27. The first-order chi connectivity index (χ1) is 11.1. The quantitative estimate of drug-likeness (QED) is 0.757. The molecule has 1 aromatic heterocycles. The molecule has 0 atom stereocenters. The molecule has 0 aliphatic carbocycles. The number of carbonyl (C=O) groups is 1. The third-order valence-electron chi connectivity index (χ3n) is 3.23. The van der Waals surface area contributed by atoms with Gasteiger partial charge in [0.05, 0.1) is 24.0 Å². The molecule has 3 aromatic rings. The maximum Gasteiger partial charge on any atom is 0.338 e. The Morgan fingerprint density at radius 2 is 2.00 bits per heavy atom. The highest BCUT2D eigenvalue weighted by Gasteiger charge is 2.11. The highest BCUT2D eigenvalue weighted by atomic mass is 19.1. The number of carboxylic acid groups (broad SMARTS) is 1. The summed E-state index contributed by atoms with van der Waals surface area (Å²) in [6.07, 6.45) is 1.77. The van der Waals surface area contributed by atoms with Crippen molar-refractivity contribution in [1.29, 1.82) is 0 Å². The van der Waals surface area contributed by atoms with Crippen LogP contribution in [0.25, 0.3) is 5.69 Å². The fourth-order valence-electron chi connectivity index (χ4n) is 2.08. The molecule has 6 nitrogen and oxygen atoms in total. The highest BCUT2D eigenvalue weighted by Crippen LogP contribution is 2.15. The van der Waals surface area contributed by atoms with E-state index in [0.29, 0.717) is 17.9 Å². The van der Waals surface area contributed by atoms with E-state index in [2.05, 4.69) is 15.6 Å². The standard InChI is InChI=1S/C16H13FN4O2/c17-15-7-6-11(8-14(15)16(22)23)18-9-12-10-21(20-19-12)13-4-2-1-3-5-13/h1-8,10,18H,9H2,(H,22,23). The van der Waals surface area contributed by atoms with Gasteiger partial charge in [-0.25, -0.2) is 13.9 Å². The molecular weight excluding hydrogens is 299 g/mol. The lowest BCUT2D eigenvalue weighted by atomic mass is 10.2. The normalized spacial score (nSPS) is 10.5. The summed E-state index contributed by atoms with van der Waals surface area (Å²) >= 11 is 0. The Bertz CT molecular complexity index is 833. The van der Waals surface area contributed by atoms with Crippen LogP contribution in [-0.4, -0.2) is 26.1 Å². The first kappa shape index (κ1) is 14.7. The van der Waals surface area contributed by atoms with E-state index in [9.17, 15) is 9.18 Å². The molecule has 0 amide bonds. The zero-order valence-electron chi connectivity index (χ0n) is 12.0. The van der Waals surface area contributed by atoms with Crippen molar-refractivity contribution in [2.45, 2.75) is 6.54 Å². The van der Waals surface area contributed by atoms with Gasteiger partial charge in [0.2, 0.25) is 0 Å². The molecule has 0 fully saturated rings. The lowest BCUT2D eigenvalue weighted by Crippen LogP contribution is -2.04. The number of para-hydroxylation sites is 1. The summed E-state index contributed by atoms with van der Waals surface area (Å²) in [5.41, 5.74) is 1.69. The van der Waals surface area contributed by atoms with Crippen molar-refractivity contribution in [3.05, 3.63) is 71.8 Å². The minimum absolute atomic E-state index is 0.345. The van der Waals surface area contributed by atoms with Crippen molar-refractivity contribution in [3.63, 3.8) is 0 Å². The Labute approximate surface area is 131 Å². The molecule has 3 rings (SSSR count). The zero-order valence-corrected chi connectivity index (χ0v) is 12.0. The van der Waals surface area contributed by atoms with E-state index in [0.717, 1.165) is 11.8 Å². The molecule has 0 saturated carbocycles. The van der Waals surface area contributed by atoms with Crippen molar-refractivity contribution in [3.8, 4) is 5.69 Å². The van der Waals surface area contributed by atoms with Crippen LogP contribution in [0.5, 0.6) is 0 Å². The summed E-state index contributed by atoms with van der Waals surface area (Å²) in [6.45, 7) is 0.345. The Balaban J connectivity index is 1.71. The van der Waals surface area contributed by atoms with E-state index >= 15 is 0 Å². The van der Waals surface area contributed by atoms with Crippen LogP contribution in [0.15, 0.2) is 54.7 Å². The van der Waals surface area contributed by atoms with Gasteiger partial charge in [-0.2, -0.15) is 0 Å². The smallest absolute Gasteiger partial charge is 0.338 e. The van der Waals surface area contributed by atoms with E-state index < -0.39 is 11.8 Å². The van der Waals surface area contributed by atoms with Crippen LogP contribution in [0.1, 0.15) is 16.1 Å². The minimum Gasteiger partial charge on any atom is -0.478 e. The van der Waals surface area contributed by atoms with Crippen molar-refractivity contribution in [2.24, 2.45) is 0 Å². The summed E-state index contributed by atoms with van der Waals surface area (Å²) in [5.74, 6) is -2.07. The van der Waals surface area contributed by atoms with Gasteiger partial charge in [-0.1, -0.05) is 23.4 Å². The van der Waals surface area contributed by atoms with E-state index in [4.69, 9.17) is 5.11 Å². The molecule has 0 aliphatic rings. The average Bonchev–Trinajstić information content (AvgIpc) is 3.03. The summed E-state index contributed by atoms with van der Waals surface area (Å²) in [6, 6.07) is 13.4. The lowest BCUT2D eigenvalue weighted by Gasteiger charge is -2.05. The van der Waals surface area contributed by atoms with Crippen LogP contribution in [0.3, 0.4) is 0 Å². The number of hydrogen-bond acceptors (Lipinski definition) is 4. The molecule has 1 heterocycles. The number of aromatic nitrogens is 3. The number of carboxylic acids is 1. The van der Waals surface area contributed by atoms with Crippen LogP contribution >= 0.6 is 0 Å². The predicted molar refractivity (Wildman–Crippen MR) is 82.0 cm³/mol. The van der Waals surface area contributed by atoms with Gasteiger partial charge >= 0.3 is 5.97 Å². The maximum absolute atomic E-state index is 13.3. The number of rotatable bonds is 5. The summed E-state index contributed by atoms with van der Waals surface area (Å²) in [7, 11) is 0. The number of aromatic carboxylic acids is 1. The third-order valence-corrected chi connectivity index (χ3v) is 3.23. The van der Waals surface area contributed by atoms with E-state index in [1.54, 1.807) is 10.9 Å². The maximum atomic E-state index is 13.3. The summed E-state index contributed by atoms with van der Waals surface area (Å²) in [4.78, 5) is 10.9. The van der Waals surface area contributed by atoms with Gasteiger partial charge in [0.25, 0.3) is 0 Å². The molecule has 0 aliphatic heterocycles. The predicted octanol–water partition coefficient (Wildman–Crippen LogP) is 2.72. The third kappa shape index (κ3) is 3.34. The number of nitrogens with one attached hydrogen (secondary N) is 1. The van der Waals surface area contributed by atoms with Gasteiger partial charge in [-0.3, -0.25) is 0 Å². The van der Waals surface area contributed by atoms with Gasteiger partial charge in [-0.05, 0) is 30.3 Å². The van der Waals surface area contributed by atoms with E-state index in [-0.39, 0.29) is 5.56 Å². The summed E-state index contributed by atoms with van der Waals surface area (Å²) < 4.78 is 15.0. The SMILES string of the molecule is O=C(O)c1cc(NCc2cn(-c3ccccc3)nn2)ccc1F. The molecule has 116 valence electrons. The van der Waals surface area contributed by atoms with Gasteiger partial charge in [0, 0.05) is 5.69 Å². The molecule has 0 radical (unpaired) electrons. The molecule has 0 unspecified atom stereocenters. The average molecular weight is 312 g/mol. The number of nitrogens with zero attached hydrogens (tertiary/aromatic N) is 3. The van der Waals surface area contributed by atoms with Gasteiger partial charge in [0.15, 0.2) is 0 Å². The molecule has 2 aromatic carbocycles. The van der Waals surface area contributed by atoms with Crippen molar-refractivity contribution < 1.29 is 14.3 Å². The molecule has 0 bridgehead atoms. The molecule has 0 saturated heterocycles. The number of halogens is 1. The zero-order chi connectivity index (χ0) is 16.2. The molecule has 7 heteroatoms. The fourth-order valence-corrected chi connectivity index (χ4v) is 2.08. The molecular formula is C16H13FN4O2. The molecule has 2 N–H and O–H groups in total. The van der Waals surface area contributed by atoms with Crippen LogP contribution in [0.2, 0.25) is 0 Å². The second-order valence-corrected chi connectivity index (χ2v) is 4.84. The van der Waals surface area contributed by atoms with Crippen LogP contribution in [0.4, 0.5) is 10.1 Å². The van der Waals surface area contributed by atoms with E-state index in [1.807, 2.05) is 30.3 Å². The molecule has 0 spiro atoms. The Morgan fingerprint density at radius 3 is 2.74 bits per heavy atom. The Morgan fingerprint density at radius 1 is 1.22 bits per heavy atom. The van der Waals surface area contributed by atoms with Gasteiger partial charge in [0.1, 0.15) is 11.5 Å². The lowest BCUT2D eigenvalue weighted by molar-refractivity contribution is 0.0692. The Kier molecular flexibility index (Phi) is 4.01. The largest absolute Gasteiger partial charge is 0.478 e. The van der Waals surface area contributed by atoms with Crippen LogP contribution in [-0.2, 0) is 6.54 Å². The number of benzene rings is 2. The van der Waals surface area contributed by atoms with Crippen LogP contribution in [0, 0.1) is 5.82 Å².